The molecule has 28 heavy (non-hydrogen) atoms. The number of benzene rings is 1. The van der Waals surface area contributed by atoms with E-state index in [9.17, 15) is 4.79 Å². The SMILES string of the molecule is COCc1cc(COC)c(C(C=O)CCO[Si](C)(C)C(C)(C)C)c(COC)c1. The van der Waals surface area contributed by atoms with Gasteiger partial charge in [0.15, 0.2) is 8.32 Å². The summed E-state index contributed by atoms with van der Waals surface area (Å²) in [5.74, 6) is -0.253. The van der Waals surface area contributed by atoms with Crippen LogP contribution in [0.2, 0.25) is 18.1 Å². The van der Waals surface area contributed by atoms with Gasteiger partial charge in [0.1, 0.15) is 6.29 Å². The van der Waals surface area contributed by atoms with E-state index in [4.69, 9.17) is 18.6 Å². The normalized spacial score (nSPS) is 13.6. The van der Waals surface area contributed by atoms with Crippen LogP contribution in [0, 0.1) is 0 Å². The van der Waals surface area contributed by atoms with Crippen LogP contribution in [0.25, 0.3) is 0 Å². The van der Waals surface area contributed by atoms with Gasteiger partial charge in [-0.05, 0) is 46.8 Å². The van der Waals surface area contributed by atoms with Crippen LogP contribution in [0.3, 0.4) is 0 Å². The van der Waals surface area contributed by atoms with E-state index in [0.29, 0.717) is 32.8 Å². The Kier molecular flexibility index (Phi) is 10.0. The number of aldehydes is 1. The zero-order chi connectivity index (χ0) is 21.4. The second-order valence-corrected chi connectivity index (χ2v) is 13.6. The van der Waals surface area contributed by atoms with Gasteiger partial charge in [-0.25, -0.2) is 0 Å². The second-order valence-electron chi connectivity index (χ2n) is 8.77. The summed E-state index contributed by atoms with van der Waals surface area (Å²) in [6, 6.07) is 4.12. The van der Waals surface area contributed by atoms with Crippen molar-refractivity contribution in [1.82, 2.24) is 0 Å². The lowest BCUT2D eigenvalue weighted by atomic mass is 9.87. The minimum absolute atomic E-state index is 0.147. The molecule has 0 aliphatic carbocycles. The zero-order valence-corrected chi connectivity index (χ0v) is 19.9. The summed E-state index contributed by atoms with van der Waals surface area (Å²) < 4.78 is 22.4. The molecule has 0 aromatic heterocycles. The van der Waals surface area contributed by atoms with E-state index in [1.54, 1.807) is 21.3 Å². The predicted octanol–water partition coefficient (Wildman–Crippen LogP) is 4.82. The first kappa shape index (κ1) is 25.0. The number of ether oxygens (including phenoxy) is 3. The van der Waals surface area contributed by atoms with Crippen molar-refractivity contribution in [1.29, 1.82) is 0 Å². The molecule has 1 unspecified atom stereocenters. The molecule has 0 radical (unpaired) electrons. The average molecular weight is 411 g/mol. The summed E-state index contributed by atoms with van der Waals surface area (Å²) >= 11 is 0. The molecule has 1 aromatic carbocycles. The Morgan fingerprint density at radius 1 is 0.964 bits per heavy atom. The number of methoxy groups -OCH3 is 3. The standard InChI is InChI=1S/C22H38O5Si/c1-22(2,3)28(7,8)27-10-9-18(13-23)21-19(15-25-5)11-17(14-24-4)12-20(21)16-26-6/h11-13,18H,9-10,14-16H2,1-8H3. The van der Waals surface area contributed by atoms with E-state index in [-0.39, 0.29) is 11.0 Å². The number of hydrogen-bond acceptors (Lipinski definition) is 5. The largest absolute Gasteiger partial charge is 0.417 e. The van der Waals surface area contributed by atoms with Crippen molar-refractivity contribution in [2.24, 2.45) is 0 Å². The summed E-state index contributed by atoms with van der Waals surface area (Å²) in [7, 11) is 3.16. The number of hydrogen-bond donors (Lipinski definition) is 0. The molecule has 0 aliphatic heterocycles. The third-order valence-electron chi connectivity index (χ3n) is 5.55. The molecule has 0 heterocycles. The van der Waals surface area contributed by atoms with Crippen LogP contribution in [-0.2, 0) is 43.3 Å². The maximum absolute atomic E-state index is 12.0. The molecule has 0 amide bonds. The van der Waals surface area contributed by atoms with Gasteiger partial charge in [0.25, 0.3) is 0 Å². The van der Waals surface area contributed by atoms with Crippen LogP contribution in [0.15, 0.2) is 12.1 Å². The summed E-state index contributed by atoms with van der Waals surface area (Å²) in [6.07, 6.45) is 1.67. The highest BCUT2D eigenvalue weighted by molar-refractivity contribution is 6.74. The Morgan fingerprint density at radius 3 is 1.86 bits per heavy atom. The first-order chi connectivity index (χ1) is 13.1. The fraction of sp³-hybridized carbons (Fsp3) is 0.682. The number of carbonyl (C=O) groups excluding carboxylic acids is 1. The minimum Gasteiger partial charge on any atom is -0.417 e. The Bertz CT molecular complexity index is 595. The lowest BCUT2D eigenvalue weighted by Gasteiger charge is -2.36. The summed E-state index contributed by atoms with van der Waals surface area (Å²) in [5.41, 5.74) is 4.06. The lowest BCUT2D eigenvalue weighted by Crippen LogP contribution is -2.41. The van der Waals surface area contributed by atoms with Crippen LogP contribution in [0.4, 0.5) is 0 Å². The molecule has 0 N–H and O–H groups in total. The fourth-order valence-electron chi connectivity index (χ4n) is 3.07. The highest BCUT2D eigenvalue weighted by Crippen LogP contribution is 2.37. The first-order valence-electron chi connectivity index (χ1n) is 9.81. The van der Waals surface area contributed by atoms with Crippen LogP contribution in [0.1, 0.15) is 55.4 Å². The van der Waals surface area contributed by atoms with Crippen molar-refractivity contribution >= 4 is 14.6 Å². The monoisotopic (exact) mass is 410 g/mol. The highest BCUT2D eigenvalue weighted by Gasteiger charge is 2.37. The predicted molar refractivity (Wildman–Crippen MR) is 115 cm³/mol. The van der Waals surface area contributed by atoms with E-state index in [0.717, 1.165) is 28.5 Å². The quantitative estimate of drug-likeness (QED) is 0.365. The van der Waals surface area contributed by atoms with Crippen molar-refractivity contribution in [3.63, 3.8) is 0 Å². The van der Waals surface area contributed by atoms with Crippen LogP contribution < -0.4 is 0 Å². The smallest absolute Gasteiger partial charge is 0.191 e. The Hall–Kier alpha value is -1.05. The fourth-order valence-corrected chi connectivity index (χ4v) is 4.13. The van der Waals surface area contributed by atoms with Gasteiger partial charge in [-0.15, -0.1) is 0 Å². The van der Waals surface area contributed by atoms with Gasteiger partial charge < -0.3 is 23.4 Å². The van der Waals surface area contributed by atoms with E-state index in [1.165, 1.54) is 0 Å². The molecule has 0 spiro atoms. The van der Waals surface area contributed by atoms with Crippen molar-refractivity contribution in [2.75, 3.05) is 27.9 Å². The molecule has 0 fully saturated rings. The minimum atomic E-state index is -1.84. The molecule has 6 heteroatoms. The van der Waals surface area contributed by atoms with Gasteiger partial charge in [-0.3, -0.25) is 0 Å². The Balaban J connectivity index is 3.15. The number of carbonyl (C=O) groups is 1. The van der Waals surface area contributed by atoms with Crippen molar-refractivity contribution in [2.45, 2.75) is 71.1 Å². The number of rotatable bonds is 12. The van der Waals surface area contributed by atoms with Crippen molar-refractivity contribution in [3.05, 3.63) is 34.4 Å². The molecule has 0 aliphatic rings. The highest BCUT2D eigenvalue weighted by atomic mass is 28.4. The second kappa shape index (κ2) is 11.2. The summed E-state index contributed by atoms with van der Waals surface area (Å²) in [6.45, 7) is 13.1. The molecule has 0 saturated heterocycles. The van der Waals surface area contributed by atoms with E-state index >= 15 is 0 Å². The van der Waals surface area contributed by atoms with Crippen molar-refractivity contribution in [3.8, 4) is 0 Å². The molecular weight excluding hydrogens is 372 g/mol. The third-order valence-corrected chi connectivity index (χ3v) is 10.1. The summed E-state index contributed by atoms with van der Waals surface area (Å²) in [5, 5.41) is 0.147. The van der Waals surface area contributed by atoms with E-state index < -0.39 is 8.32 Å². The average Bonchev–Trinajstić information content (AvgIpc) is 2.59. The Labute approximate surface area is 171 Å². The molecule has 1 rings (SSSR count). The molecule has 0 bridgehead atoms. The van der Waals surface area contributed by atoms with Crippen LogP contribution >= 0.6 is 0 Å². The van der Waals surface area contributed by atoms with E-state index in [1.807, 2.05) is 0 Å². The molecule has 0 saturated carbocycles. The van der Waals surface area contributed by atoms with Gasteiger partial charge in [-0.2, -0.15) is 0 Å². The van der Waals surface area contributed by atoms with Gasteiger partial charge in [-0.1, -0.05) is 32.9 Å². The lowest BCUT2D eigenvalue weighted by molar-refractivity contribution is -0.109. The third kappa shape index (κ3) is 6.78. The maximum atomic E-state index is 12.0. The van der Waals surface area contributed by atoms with Gasteiger partial charge >= 0.3 is 0 Å². The first-order valence-corrected chi connectivity index (χ1v) is 12.7. The van der Waals surface area contributed by atoms with E-state index in [2.05, 4.69) is 46.0 Å². The molecular formula is C22H38O5Si. The van der Waals surface area contributed by atoms with Crippen LogP contribution in [-0.4, -0.2) is 42.5 Å². The van der Waals surface area contributed by atoms with Gasteiger partial charge in [0, 0.05) is 33.9 Å². The zero-order valence-electron chi connectivity index (χ0n) is 18.9. The van der Waals surface area contributed by atoms with Crippen LogP contribution in [0.5, 0.6) is 0 Å². The van der Waals surface area contributed by atoms with Gasteiger partial charge in [0.05, 0.1) is 19.8 Å². The molecule has 1 aromatic rings. The maximum Gasteiger partial charge on any atom is 0.191 e. The molecule has 1 atom stereocenters. The molecule has 160 valence electrons. The van der Waals surface area contributed by atoms with Gasteiger partial charge in [0.2, 0.25) is 0 Å². The topological polar surface area (TPSA) is 54.0 Å². The summed E-state index contributed by atoms with van der Waals surface area (Å²) in [4.78, 5) is 12.0. The van der Waals surface area contributed by atoms with Crippen molar-refractivity contribution < 1.29 is 23.4 Å². The Morgan fingerprint density at radius 2 is 1.46 bits per heavy atom. The molecule has 5 nitrogen and oxygen atoms in total.